The maximum atomic E-state index is 12.1. The fourth-order valence-electron chi connectivity index (χ4n) is 1.31. The monoisotopic (exact) mass is 278 g/mol. The summed E-state index contributed by atoms with van der Waals surface area (Å²) in [4.78, 5) is 10.2. The average molecular weight is 278 g/mol. The van der Waals surface area contributed by atoms with Crippen LogP contribution in [0.5, 0.6) is 0 Å². The van der Waals surface area contributed by atoms with Crippen molar-refractivity contribution in [2.45, 2.75) is 18.3 Å². The van der Waals surface area contributed by atoms with E-state index in [-0.39, 0.29) is 11.5 Å². The first-order chi connectivity index (χ1) is 7.22. The van der Waals surface area contributed by atoms with Gasteiger partial charge < -0.3 is 0 Å². The first-order valence-electron chi connectivity index (χ1n) is 4.24. The Labute approximate surface area is 92.1 Å². The Morgan fingerprint density at radius 1 is 1.25 bits per heavy atom. The van der Waals surface area contributed by atoms with Crippen molar-refractivity contribution in [2.24, 2.45) is 0 Å². The van der Waals surface area contributed by atoms with Gasteiger partial charge in [-0.1, -0.05) is 10.3 Å². The van der Waals surface area contributed by atoms with Gasteiger partial charge in [-0.15, -0.1) is 0 Å². The van der Waals surface area contributed by atoms with Gasteiger partial charge in [0.1, 0.15) is 5.94 Å². The topological polar surface area (TPSA) is 60.4 Å². The fraction of sp³-hybridized carbons (Fsp3) is 0.714. The molecule has 94 valence electrons. The molecule has 16 heavy (non-hydrogen) atoms. The molecule has 0 aliphatic carbocycles. The van der Waals surface area contributed by atoms with Crippen LogP contribution in [-0.2, 0) is 18.5 Å². The van der Waals surface area contributed by atoms with Crippen molar-refractivity contribution in [3.8, 4) is 0 Å². The summed E-state index contributed by atoms with van der Waals surface area (Å²) in [5.41, 5.74) is -5.45. The summed E-state index contributed by atoms with van der Waals surface area (Å²) >= 11 is 0. The number of halogens is 3. The van der Waals surface area contributed by atoms with E-state index in [1.807, 2.05) is 0 Å². The zero-order chi connectivity index (χ0) is 12.4. The van der Waals surface area contributed by atoms with Gasteiger partial charge in [0.05, 0.1) is 5.41 Å². The number of hydrogen-bond acceptors (Lipinski definition) is 4. The van der Waals surface area contributed by atoms with E-state index >= 15 is 0 Å². The Morgan fingerprint density at radius 3 is 2.12 bits per heavy atom. The first-order valence-corrected chi connectivity index (χ1v) is 7.61. The van der Waals surface area contributed by atoms with Crippen molar-refractivity contribution >= 4 is 26.4 Å². The number of rotatable bonds is 3. The lowest BCUT2D eigenvalue weighted by Gasteiger charge is -2.28. The van der Waals surface area contributed by atoms with Crippen LogP contribution >= 0.6 is 10.3 Å². The smallest absolute Gasteiger partial charge is 0.233 e. The van der Waals surface area contributed by atoms with Crippen LogP contribution in [0.1, 0.15) is 12.8 Å². The van der Waals surface area contributed by atoms with Gasteiger partial charge in [-0.2, -0.15) is 21.6 Å². The summed E-state index contributed by atoms with van der Waals surface area (Å²) < 4.78 is 62.1. The molecule has 0 aromatic carbocycles. The molecule has 0 N–H and O–H groups in total. The van der Waals surface area contributed by atoms with Crippen molar-refractivity contribution in [2.75, 3.05) is 11.5 Å². The van der Waals surface area contributed by atoms with Crippen LogP contribution in [0.25, 0.3) is 0 Å². The van der Waals surface area contributed by atoms with Crippen LogP contribution in [0.4, 0.5) is 13.2 Å². The second kappa shape index (κ2) is 4.40. The Morgan fingerprint density at radius 2 is 1.75 bits per heavy atom. The highest BCUT2D eigenvalue weighted by atomic mass is 32.3. The van der Waals surface area contributed by atoms with E-state index in [0.717, 1.165) is 5.41 Å². The molecule has 0 unspecified atom stereocenters. The van der Waals surface area contributed by atoms with Crippen LogP contribution in [0, 0.1) is 0 Å². The molecule has 1 saturated heterocycles. The summed E-state index contributed by atoms with van der Waals surface area (Å²) in [6.07, 6.45) is 1.09. The predicted octanol–water partition coefficient (Wildman–Crippen LogP) is 1.71. The van der Waals surface area contributed by atoms with Gasteiger partial charge in [0.25, 0.3) is 0 Å². The van der Waals surface area contributed by atoms with E-state index in [1.165, 1.54) is 5.94 Å². The van der Waals surface area contributed by atoms with Crippen molar-refractivity contribution < 1.29 is 30.0 Å². The summed E-state index contributed by atoms with van der Waals surface area (Å²) in [6, 6.07) is 0. The normalized spacial score (nSPS) is 22.4. The largest absolute Gasteiger partial charge is 0.523 e. The number of hydrogen-bond donors (Lipinski definition) is 0. The van der Waals surface area contributed by atoms with Crippen LogP contribution in [0.3, 0.4) is 0 Å². The van der Waals surface area contributed by atoms with E-state index in [0.29, 0.717) is 12.8 Å². The quantitative estimate of drug-likeness (QED) is 0.582. The second-order valence-electron chi connectivity index (χ2n) is 3.19. The van der Waals surface area contributed by atoms with E-state index in [4.69, 9.17) is 0 Å². The van der Waals surface area contributed by atoms with Gasteiger partial charge in [0, 0.05) is 11.5 Å². The van der Waals surface area contributed by atoms with Gasteiger partial charge in [-0.05, 0) is 12.8 Å². The summed E-state index contributed by atoms with van der Waals surface area (Å²) in [6.45, 7) is 0. The molecule has 9 heteroatoms. The third-order valence-corrected chi connectivity index (χ3v) is 6.85. The molecule has 0 bridgehead atoms. The van der Waals surface area contributed by atoms with Crippen LogP contribution in [0.15, 0.2) is 5.41 Å². The molecule has 0 atom stereocenters. The minimum absolute atomic E-state index is 0.150. The SMILES string of the molecule is O=C=CS1(OS(=O)(=O)C(F)(F)F)CCCC1. The van der Waals surface area contributed by atoms with Gasteiger partial charge >= 0.3 is 15.6 Å². The third-order valence-electron chi connectivity index (χ3n) is 2.00. The highest BCUT2D eigenvalue weighted by Gasteiger charge is 2.51. The van der Waals surface area contributed by atoms with Crippen molar-refractivity contribution in [1.29, 1.82) is 0 Å². The maximum Gasteiger partial charge on any atom is 0.523 e. The highest BCUT2D eigenvalue weighted by Crippen LogP contribution is 2.58. The van der Waals surface area contributed by atoms with Crippen molar-refractivity contribution in [1.82, 2.24) is 0 Å². The molecule has 1 aliphatic rings. The van der Waals surface area contributed by atoms with Crippen LogP contribution < -0.4 is 0 Å². The molecule has 0 saturated carbocycles. The maximum absolute atomic E-state index is 12.1. The van der Waals surface area contributed by atoms with Gasteiger partial charge in [-0.25, -0.2) is 8.42 Å². The molecule has 1 rings (SSSR count). The zero-order valence-electron chi connectivity index (χ0n) is 7.99. The molecule has 1 aliphatic heterocycles. The van der Waals surface area contributed by atoms with Crippen LogP contribution in [0.2, 0.25) is 0 Å². The fourth-order valence-corrected chi connectivity index (χ4v) is 5.74. The Bertz CT molecular complexity index is 402. The summed E-state index contributed by atoms with van der Waals surface area (Å²) in [7, 11) is -8.24. The van der Waals surface area contributed by atoms with Gasteiger partial charge in [-0.3, -0.25) is 0 Å². The number of alkyl halides is 3. The molecular formula is C7H9F3O4S2. The Kier molecular flexibility index (Phi) is 3.73. The predicted molar refractivity (Wildman–Crippen MR) is 52.9 cm³/mol. The molecule has 0 spiro atoms. The number of carbonyl (C=O) groups excluding carboxylic acids is 1. The van der Waals surface area contributed by atoms with E-state index in [1.54, 1.807) is 0 Å². The third kappa shape index (κ3) is 2.79. The lowest BCUT2D eigenvalue weighted by atomic mass is 10.4. The second-order valence-corrected chi connectivity index (χ2v) is 7.89. The molecule has 4 nitrogen and oxygen atoms in total. The van der Waals surface area contributed by atoms with Gasteiger partial charge in [0.2, 0.25) is 0 Å². The minimum Gasteiger partial charge on any atom is -0.233 e. The molecule has 1 fully saturated rings. The Balaban J connectivity index is 2.98. The molecule has 1 heterocycles. The van der Waals surface area contributed by atoms with Crippen molar-refractivity contribution in [3.05, 3.63) is 5.41 Å². The van der Waals surface area contributed by atoms with E-state index in [9.17, 15) is 26.4 Å². The molecule has 0 amide bonds. The molecule has 0 radical (unpaired) electrons. The van der Waals surface area contributed by atoms with E-state index in [2.05, 4.69) is 3.63 Å². The van der Waals surface area contributed by atoms with Crippen molar-refractivity contribution in [3.63, 3.8) is 0 Å². The lowest BCUT2D eigenvalue weighted by molar-refractivity contribution is -0.0495. The van der Waals surface area contributed by atoms with E-state index < -0.39 is 25.9 Å². The molecule has 0 aromatic rings. The summed E-state index contributed by atoms with van der Waals surface area (Å²) in [5.74, 6) is 1.63. The van der Waals surface area contributed by atoms with Gasteiger partial charge in [0.15, 0.2) is 0 Å². The molecular weight excluding hydrogens is 269 g/mol. The average Bonchev–Trinajstić information content (AvgIpc) is 2.50. The first kappa shape index (κ1) is 13.6. The standard InChI is InChI=1S/C7H9F3O4S2/c8-7(9,10)16(12,13)14-15(6-3-11)4-1-2-5-15/h6H,1-2,4-5H2. The Hall–Kier alpha value is -0.500. The molecule has 0 aromatic heterocycles. The lowest BCUT2D eigenvalue weighted by Crippen LogP contribution is -2.27. The minimum atomic E-state index is -5.63. The van der Waals surface area contributed by atoms with Crippen LogP contribution in [-0.4, -0.2) is 31.4 Å². The summed E-state index contributed by atoms with van der Waals surface area (Å²) in [5, 5.41) is 0.795. The highest BCUT2D eigenvalue weighted by molar-refractivity contribution is 8.35. The zero-order valence-corrected chi connectivity index (χ0v) is 9.62.